The smallest absolute Gasteiger partial charge is 0.139 e. The molecule has 1 atom stereocenters. The average molecular weight is 372 g/mol. The van der Waals surface area contributed by atoms with Crippen LogP contribution in [0.1, 0.15) is 18.1 Å². The van der Waals surface area contributed by atoms with E-state index in [9.17, 15) is 4.39 Å². The van der Waals surface area contributed by atoms with Crippen molar-refractivity contribution in [2.24, 2.45) is 0 Å². The highest BCUT2D eigenvalue weighted by atomic mass is 79.9. The van der Waals surface area contributed by atoms with Gasteiger partial charge in [-0.15, -0.1) is 11.6 Å². The van der Waals surface area contributed by atoms with Crippen molar-refractivity contribution in [1.29, 1.82) is 0 Å². The number of halogens is 3. The summed E-state index contributed by atoms with van der Waals surface area (Å²) in [5.41, 5.74) is 1.48. The molecule has 7 heteroatoms. The van der Waals surface area contributed by atoms with E-state index in [1.165, 1.54) is 6.07 Å². The highest BCUT2D eigenvalue weighted by Crippen LogP contribution is 2.28. The number of rotatable bonds is 4. The van der Waals surface area contributed by atoms with Gasteiger partial charge >= 0.3 is 0 Å². The second-order valence-corrected chi connectivity index (χ2v) is 6.30. The maximum atomic E-state index is 13.7. The van der Waals surface area contributed by atoms with Gasteiger partial charge in [0.15, 0.2) is 0 Å². The van der Waals surface area contributed by atoms with Crippen LogP contribution < -0.4 is 0 Å². The Labute approximate surface area is 134 Å². The van der Waals surface area contributed by atoms with E-state index in [1.807, 2.05) is 22.3 Å². The molecule has 3 aromatic rings. The fourth-order valence-electron chi connectivity index (χ4n) is 2.31. The number of aromatic nitrogens is 4. The van der Waals surface area contributed by atoms with Crippen LogP contribution >= 0.6 is 27.5 Å². The van der Waals surface area contributed by atoms with Gasteiger partial charge in [-0.2, -0.15) is 0 Å². The number of hydrogen-bond donors (Lipinski definition) is 0. The van der Waals surface area contributed by atoms with E-state index in [4.69, 9.17) is 11.6 Å². The fraction of sp³-hybridized carbons (Fsp3) is 0.286. The number of nitrogens with zero attached hydrogens (tertiary/aromatic N) is 4. The lowest BCUT2D eigenvalue weighted by molar-refractivity contribution is 0.569. The van der Waals surface area contributed by atoms with Crippen LogP contribution in [-0.2, 0) is 13.1 Å². The summed E-state index contributed by atoms with van der Waals surface area (Å²) in [6, 6.07) is 3.17. The van der Waals surface area contributed by atoms with Gasteiger partial charge < -0.3 is 9.13 Å². The first-order valence-electron chi connectivity index (χ1n) is 6.51. The number of alkyl halides is 1. The third kappa shape index (κ3) is 2.82. The molecule has 0 N–H and O–H groups in total. The predicted molar refractivity (Wildman–Crippen MR) is 83.9 cm³/mol. The van der Waals surface area contributed by atoms with Crippen LogP contribution in [0.3, 0.4) is 0 Å². The zero-order chi connectivity index (χ0) is 15.0. The molecular weight excluding hydrogens is 359 g/mol. The van der Waals surface area contributed by atoms with Gasteiger partial charge in [-0.1, -0.05) is 0 Å². The first-order chi connectivity index (χ1) is 10.1. The summed E-state index contributed by atoms with van der Waals surface area (Å²) in [4.78, 5) is 8.48. The van der Waals surface area contributed by atoms with Gasteiger partial charge in [-0.05, 0) is 28.9 Å². The second kappa shape index (κ2) is 5.77. The Morgan fingerprint density at radius 3 is 2.86 bits per heavy atom. The highest BCUT2D eigenvalue weighted by molar-refractivity contribution is 9.10. The molecule has 0 amide bonds. The summed E-state index contributed by atoms with van der Waals surface area (Å²) in [6.45, 7) is 3.30. The van der Waals surface area contributed by atoms with Crippen LogP contribution in [0.4, 0.5) is 4.39 Å². The van der Waals surface area contributed by atoms with E-state index in [0.29, 0.717) is 16.5 Å². The quantitative estimate of drug-likeness (QED) is 0.646. The Balaban J connectivity index is 2.04. The number of hydrogen-bond acceptors (Lipinski definition) is 2. The van der Waals surface area contributed by atoms with Gasteiger partial charge in [0, 0.05) is 31.5 Å². The molecule has 0 spiro atoms. The van der Waals surface area contributed by atoms with E-state index in [0.717, 1.165) is 17.9 Å². The molecule has 0 aliphatic rings. The van der Waals surface area contributed by atoms with Crippen molar-refractivity contribution < 1.29 is 4.39 Å². The number of benzene rings is 1. The molecule has 2 aromatic heterocycles. The Hall–Kier alpha value is -1.40. The summed E-state index contributed by atoms with van der Waals surface area (Å²) >= 11 is 9.43. The highest BCUT2D eigenvalue weighted by Gasteiger charge is 2.16. The van der Waals surface area contributed by atoms with Gasteiger partial charge in [0.05, 0.1) is 27.2 Å². The Morgan fingerprint density at radius 1 is 1.38 bits per heavy atom. The van der Waals surface area contributed by atoms with Crippen LogP contribution in [0.2, 0.25) is 0 Å². The number of fused-ring (bicyclic) bond motifs is 1. The first kappa shape index (κ1) is 14.5. The van der Waals surface area contributed by atoms with Crippen LogP contribution in [-0.4, -0.2) is 19.1 Å². The van der Waals surface area contributed by atoms with Crippen molar-refractivity contribution in [2.45, 2.75) is 25.4 Å². The molecule has 1 aromatic carbocycles. The maximum absolute atomic E-state index is 13.7. The Morgan fingerprint density at radius 2 is 2.19 bits per heavy atom. The minimum atomic E-state index is -0.324. The monoisotopic (exact) mass is 370 g/mol. The van der Waals surface area contributed by atoms with Crippen molar-refractivity contribution in [3.63, 3.8) is 0 Å². The second-order valence-electron chi connectivity index (χ2n) is 4.79. The largest absolute Gasteiger partial charge is 0.336 e. The van der Waals surface area contributed by atoms with E-state index >= 15 is 0 Å². The summed E-state index contributed by atoms with van der Waals surface area (Å²) < 4.78 is 18.1. The van der Waals surface area contributed by atoms with Gasteiger partial charge in [0.1, 0.15) is 11.6 Å². The molecule has 0 aliphatic carbocycles. The molecule has 0 aliphatic heterocycles. The van der Waals surface area contributed by atoms with Crippen LogP contribution in [0.25, 0.3) is 11.0 Å². The van der Waals surface area contributed by atoms with Crippen molar-refractivity contribution in [2.75, 3.05) is 0 Å². The molecular formula is C14H13BrClFN4. The average Bonchev–Trinajstić information content (AvgIpc) is 3.05. The topological polar surface area (TPSA) is 35.6 Å². The van der Waals surface area contributed by atoms with Crippen molar-refractivity contribution in [3.05, 3.63) is 47.0 Å². The lowest BCUT2D eigenvalue weighted by atomic mass is 10.3. The Bertz CT molecular complexity index is 767. The molecule has 110 valence electrons. The summed E-state index contributed by atoms with van der Waals surface area (Å²) in [5.74, 6) is 0.416. The lowest BCUT2D eigenvalue weighted by Gasteiger charge is -2.11. The number of aryl methyl sites for hydroxylation is 2. The molecule has 0 saturated carbocycles. The zero-order valence-electron chi connectivity index (χ0n) is 11.3. The summed E-state index contributed by atoms with van der Waals surface area (Å²) in [5, 5.41) is -0.248. The minimum absolute atomic E-state index is 0.248. The predicted octanol–water partition coefficient (Wildman–Crippen LogP) is 4.13. The van der Waals surface area contributed by atoms with Gasteiger partial charge in [0.25, 0.3) is 0 Å². The molecule has 0 radical (unpaired) electrons. The van der Waals surface area contributed by atoms with E-state index in [2.05, 4.69) is 25.9 Å². The van der Waals surface area contributed by atoms with E-state index in [1.54, 1.807) is 18.6 Å². The van der Waals surface area contributed by atoms with Crippen molar-refractivity contribution in [1.82, 2.24) is 19.1 Å². The third-order valence-corrected chi connectivity index (χ3v) is 4.12. The minimum Gasteiger partial charge on any atom is -0.336 e. The van der Waals surface area contributed by atoms with Gasteiger partial charge in [0.2, 0.25) is 0 Å². The third-order valence-electron chi connectivity index (χ3n) is 3.32. The first-order valence-corrected chi connectivity index (χ1v) is 7.74. The molecule has 1 unspecified atom stereocenters. The maximum Gasteiger partial charge on any atom is 0.139 e. The number of imidazole rings is 2. The molecule has 0 saturated heterocycles. The fourth-order valence-corrected chi connectivity index (χ4v) is 2.81. The standard InChI is InChI=1S/C14H13BrClFN4/c1-9(16)14-19-12-7-11(17)10(15)6-13(12)21(14)5-4-20-3-2-18-8-20/h2-3,6-9H,4-5H2,1H3. The zero-order valence-corrected chi connectivity index (χ0v) is 13.6. The summed E-state index contributed by atoms with van der Waals surface area (Å²) in [6.07, 6.45) is 5.40. The molecule has 3 rings (SSSR count). The molecule has 21 heavy (non-hydrogen) atoms. The normalized spacial score (nSPS) is 13.0. The van der Waals surface area contributed by atoms with E-state index < -0.39 is 0 Å². The van der Waals surface area contributed by atoms with Crippen molar-refractivity contribution >= 4 is 38.6 Å². The Kier molecular flexibility index (Phi) is 3.99. The van der Waals surface area contributed by atoms with E-state index in [-0.39, 0.29) is 11.2 Å². The van der Waals surface area contributed by atoms with Crippen LogP contribution in [0, 0.1) is 5.82 Å². The van der Waals surface area contributed by atoms with Crippen molar-refractivity contribution in [3.8, 4) is 0 Å². The van der Waals surface area contributed by atoms with Crippen LogP contribution in [0.5, 0.6) is 0 Å². The summed E-state index contributed by atoms with van der Waals surface area (Å²) in [7, 11) is 0. The van der Waals surface area contributed by atoms with Crippen LogP contribution in [0.15, 0.2) is 35.3 Å². The molecule has 0 fully saturated rings. The van der Waals surface area contributed by atoms with Gasteiger partial charge in [-0.3, -0.25) is 0 Å². The molecule has 0 bridgehead atoms. The molecule has 2 heterocycles. The molecule has 4 nitrogen and oxygen atoms in total. The lowest BCUT2D eigenvalue weighted by Crippen LogP contribution is -2.09. The SMILES string of the molecule is CC(Cl)c1nc2cc(F)c(Br)cc2n1CCn1ccnc1. The van der Waals surface area contributed by atoms with Gasteiger partial charge in [-0.25, -0.2) is 14.4 Å².